The molecule has 1 saturated heterocycles. The molecule has 10 heteroatoms. The highest BCUT2D eigenvalue weighted by molar-refractivity contribution is 5.84. The molecule has 0 bridgehead atoms. The third-order valence-electron chi connectivity index (χ3n) is 3.45. The van der Waals surface area contributed by atoms with E-state index in [1.807, 2.05) is 4.90 Å². The Morgan fingerprint density at radius 2 is 2.18 bits per heavy atom. The van der Waals surface area contributed by atoms with Crippen molar-refractivity contribution in [3.8, 4) is 0 Å². The molecule has 10 nitrogen and oxygen atoms in total. The summed E-state index contributed by atoms with van der Waals surface area (Å²) >= 11 is 0. The molecule has 2 N–H and O–H groups in total. The average molecular weight is 309 g/mol. The highest BCUT2D eigenvalue weighted by atomic mass is 16.5. The summed E-state index contributed by atoms with van der Waals surface area (Å²) < 4.78 is 10.4. The molecule has 0 aromatic carbocycles. The summed E-state index contributed by atoms with van der Waals surface area (Å²) in [5.74, 6) is -0.0502. The van der Waals surface area contributed by atoms with E-state index in [1.54, 1.807) is 6.07 Å². The van der Waals surface area contributed by atoms with Crippen LogP contribution in [-0.4, -0.2) is 52.0 Å². The Labute approximate surface area is 124 Å². The highest BCUT2D eigenvalue weighted by Crippen LogP contribution is 2.22. The number of methoxy groups -OCH3 is 1. The minimum atomic E-state index is -0.813. The van der Waals surface area contributed by atoms with Crippen molar-refractivity contribution >= 4 is 23.5 Å². The van der Waals surface area contributed by atoms with Crippen LogP contribution in [0.25, 0.3) is 5.78 Å². The van der Waals surface area contributed by atoms with Gasteiger partial charge in [-0.25, -0.2) is 9.59 Å². The first-order chi connectivity index (χ1) is 10.6. The number of aliphatic hydroxyl groups excluding tert-OH is 1. The van der Waals surface area contributed by atoms with Gasteiger partial charge >= 0.3 is 11.8 Å². The van der Waals surface area contributed by atoms with Gasteiger partial charge in [-0.2, -0.15) is 4.98 Å². The zero-order valence-corrected chi connectivity index (χ0v) is 11.9. The van der Waals surface area contributed by atoms with Crippen LogP contribution in [0.15, 0.2) is 15.4 Å². The van der Waals surface area contributed by atoms with Gasteiger partial charge in [0.05, 0.1) is 13.2 Å². The molecule has 3 heterocycles. The number of carbonyl (C=O) groups is 1. The fourth-order valence-electron chi connectivity index (χ4n) is 2.31. The van der Waals surface area contributed by atoms with E-state index in [4.69, 9.17) is 4.52 Å². The van der Waals surface area contributed by atoms with Gasteiger partial charge in [-0.1, -0.05) is 0 Å². The Balaban J connectivity index is 2.00. The van der Waals surface area contributed by atoms with E-state index in [1.165, 1.54) is 7.11 Å². The van der Waals surface area contributed by atoms with Gasteiger partial charge in [0, 0.05) is 19.2 Å². The van der Waals surface area contributed by atoms with Crippen molar-refractivity contribution in [2.45, 2.75) is 18.9 Å². The van der Waals surface area contributed by atoms with Gasteiger partial charge < -0.3 is 19.3 Å². The van der Waals surface area contributed by atoms with Crippen molar-refractivity contribution in [2.75, 3.05) is 30.4 Å². The highest BCUT2D eigenvalue weighted by Gasteiger charge is 2.21. The maximum Gasteiger partial charge on any atom is 0.461 e. The molecule has 0 atom stereocenters. The Hall–Kier alpha value is -2.62. The van der Waals surface area contributed by atoms with Crippen molar-refractivity contribution < 1.29 is 19.2 Å². The van der Waals surface area contributed by atoms with E-state index in [2.05, 4.69) is 20.0 Å². The number of rotatable bonds is 2. The second-order valence-corrected chi connectivity index (χ2v) is 4.90. The molecule has 0 unspecified atom stereocenters. The summed E-state index contributed by atoms with van der Waals surface area (Å²) in [7, 11) is 1.23. The fraction of sp³-hybridized carbons (Fsp3) is 0.500. The number of carbonyl (C=O) groups excluding carboxylic acids is 1. The number of amides is 1. The van der Waals surface area contributed by atoms with Crippen LogP contribution in [0.3, 0.4) is 0 Å². The normalized spacial score (nSPS) is 16.0. The predicted octanol–water partition coefficient (Wildman–Crippen LogP) is -0.178. The van der Waals surface area contributed by atoms with Crippen LogP contribution in [0, 0.1) is 0 Å². The summed E-state index contributed by atoms with van der Waals surface area (Å²) in [5.41, 5.74) is 0. The summed E-state index contributed by atoms with van der Waals surface area (Å²) in [6.45, 7) is 1.23. The Morgan fingerprint density at radius 1 is 1.45 bits per heavy atom. The van der Waals surface area contributed by atoms with E-state index in [0.29, 0.717) is 31.7 Å². The van der Waals surface area contributed by atoms with Gasteiger partial charge in [-0.15, -0.1) is 9.56 Å². The van der Waals surface area contributed by atoms with Crippen molar-refractivity contribution in [1.29, 1.82) is 0 Å². The van der Waals surface area contributed by atoms with Crippen LogP contribution in [0.1, 0.15) is 12.8 Å². The van der Waals surface area contributed by atoms with Crippen molar-refractivity contribution in [3.63, 3.8) is 0 Å². The van der Waals surface area contributed by atoms with Gasteiger partial charge in [0.25, 0.3) is 5.78 Å². The van der Waals surface area contributed by atoms with E-state index >= 15 is 0 Å². The SMILES string of the molecule is COC(=O)Nc1cc(N2CCC(O)CC2)nc2nc(=O)on12. The van der Waals surface area contributed by atoms with E-state index in [0.717, 1.165) is 4.57 Å². The van der Waals surface area contributed by atoms with Gasteiger partial charge in [-0.05, 0) is 12.8 Å². The lowest BCUT2D eigenvalue weighted by atomic mass is 10.1. The molecule has 0 aliphatic carbocycles. The molecule has 22 heavy (non-hydrogen) atoms. The molecule has 0 saturated carbocycles. The lowest BCUT2D eigenvalue weighted by molar-refractivity contribution is 0.145. The van der Waals surface area contributed by atoms with Crippen molar-refractivity contribution in [1.82, 2.24) is 14.5 Å². The number of piperidine rings is 1. The van der Waals surface area contributed by atoms with Gasteiger partial charge in [0.15, 0.2) is 5.82 Å². The summed E-state index contributed by atoms with van der Waals surface area (Å²) in [6, 6.07) is 1.56. The maximum atomic E-state index is 11.4. The first kappa shape index (κ1) is 14.3. The Morgan fingerprint density at radius 3 is 2.86 bits per heavy atom. The molecular weight excluding hydrogens is 294 g/mol. The first-order valence-electron chi connectivity index (χ1n) is 6.76. The largest absolute Gasteiger partial charge is 0.461 e. The zero-order chi connectivity index (χ0) is 15.7. The topological polar surface area (TPSA) is 122 Å². The molecule has 3 rings (SSSR count). The second-order valence-electron chi connectivity index (χ2n) is 4.90. The smallest absolute Gasteiger partial charge is 0.453 e. The maximum absolute atomic E-state index is 11.4. The van der Waals surface area contributed by atoms with E-state index in [9.17, 15) is 14.7 Å². The molecule has 0 radical (unpaired) electrons. The molecule has 2 aromatic rings. The standard InChI is InChI=1S/C12H15N5O5/c1-21-11(19)14-9-6-8(16-4-2-7(18)3-5-16)13-10-15-12(20)22-17(9)10/h6-7,18H,2-5H2,1H3,(H,14,19). The van der Waals surface area contributed by atoms with Crippen molar-refractivity contribution in [2.24, 2.45) is 0 Å². The van der Waals surface area contributed by atoms with Crippen LogP contribution < -0.4 is 16.0 Å². The van der Waals surface area contributed by atoms with Gasteiger partial charge in [-0.3, -0.25) is 5.32 Å². The molecule has 2 aromatic heterocycles. The number of hydrogen-bond donors (Lipinski definition) is 2. The fourth-order valence-corrected chi connectivity index (χ4v) is 2.31. The average Bonchev–Trinajstić information content (AvgIpc) is 2.88. The predicted molar refractivity (Wildman–Crippen MR) is 75.0 cm³/mol. The molecule has 1 aliphatic heterocycles. The molecule has 0 spiro atoms. The van der Waals surface area contributed by atoms with Crippen LogP contribution in [0.5, 0.6) is 0 Å². The van der Waals surface area contributed by atoms with Crippen LogP contribution >= 0.6 is 0 Å². The second kappa shape index (κ2) is 5.64. The van der Waals surface area contributed by atoms with E-state index in [-0.39, 0.29) is 17.7 Å². The zero-order valence-electron chi connectivity index (χ0n) is 11.9. The first-order valence-corrected chi connectivity index (χ1v) is 6.76. The number of nitrogens with one attached hydrogen (secondary N) is 1. The molecular formula is C12H15N5O5. The number of nitrogens with zero attached hydrogens (tertiary/aromatic N) is 4. The number of anilines is 2. The third kappa shape index (κ3) is 2.72. The molecule has 1 fully saturated rings. The quantitative estimate of drug-likeness (QED) is 0.783. The molecule has 1 amide bonds. The lowest BCUT2D eigenvalue weighted by Crippen LogP contribution is -2.36. The van der Waals surface area contributed by atoms with Crippen LogP contribution in [-0.2, 0) is 4.74 Å². The van der Waals surface area contributed by atoms with Crippen molar-refractivity contribution in [3.05, 3.63) is 16.6 Å². The minimum absolute atomic E-state index is 0.0417. The number of ether oxygens (including phenoxy) is 1. The Bertz CT molecular complexity index is 746. The monoisotopic (exact) mass is 309 g/mol. The summed E-state index contributed by atoms with van der Waals surface area (Å²) in [5, 5.41) is 12.0. The lowest BCUT2D eigenvalue weighted by Gasteiger charge is -2.30. The number of aliphatic hydroxyl groups is 1. The van der Waals surface area contributed by atoms with Crippen LogP contribution in [0.2, 0.25) is 0 Å². The molecule has 118 valence electrons. The Kier molecular flexibility index (Phi) is 3.67. The summed E-state index contributed by atoms with van der Waals surface area (Å²) in [4.78, 5) is 32.5. The number of hydrogen-bond acceptors (Lipinski definition) is 8. The van der Waals surface area contributed by atoms with Gasteiger partial charge in [0.1, 0.15) is 5.82 Å². The summed E-state index contributed by atoms with van der Waals surface area (Å²) in [6.07, 6.45) is 0.224. The van der Waals surface area contributed by atoms with E-state index < -0.39 is 11.8 Å². The van der Waals surface area contributed by atoms with Crippen LogP contribution in [0.4, 0.5) is 16.4 Å². The number of fused-ring (bicyclic) bond motifs is 1. The molecule has 1 aliphatic rings. The van der Waals surface area contributed by atoms with Gasteiger partial charge in [0.2, 0.25) is 0 Å². The third-order valence-corrected chi connectivity index (χ3v) is 3.45. The minimum Gasteiger partial charge on any atom is -0.453 e. The number of aromatic nitrogens is 3.